The summed E-state index contributed by atoms with van der Waals surface area (Å²) in [6.45, 7) is 16.0. The summed E-state index contributed by atoms with van der Waals surface area (Å²) in [7, 11) is -2.02. The Morgan fingerprint density at radius 1 is 1.00 bits per heavy atom. The van der Waals surface area contributed by atoms with Crippen molar-refractivity contribution in [3.05, 3.63) is 81.4 Å². The van der Waals surface area contributed by atoms with Crippen LogP contribution in [0.25, 0.3) is 0 Å². The molecule has 9 heteroatoms. The van der Waals surface area contributed by atoms with Crippen LogP contribution in [0.4, 0.5) is 5.69 Å². The van der Waals surface area contributed by atoms with E-state index in [9.17, 15) is 4.79 Å². The predicted octanol–water partition coefficient (Wildman–Crippen LogP) is 7.65. The molecule has 6 nitrogen and oxygen atoms in total. The molecule has 0 aliphatic rings. The highest BCUT2D eigenvalue weighted by molar-refractivity contribution is 6.74. The summed E-state index contributed by atoms with van der Waals surface area (Å²) >= 11 is 12.6. The van der Waals surface area contributed by atoms with E-state index in [1.165, 1.54) is 6.33 Å². The van der Waals surface area contributed by atoms with Gasteiger partial charge < -0.3 is 14.1 Å². The first-order chi connectivity index (χ1) is 17.3. The lowest BCUT2D eigenvalue weighted by atomic mass is 10.1. The lowest BCUT2D eigenvalue weighted by Crippen LogP contribution is -2.43. The van der Waals surface area contributed by atoms with Crippen LogP contribution in [0.1, 0.15) is 47.8 Å². The monoisotopic (exact) mass is 559 g/mol. The molecule has 0 atom stereocenters. The number of carbonyl (C=O) groups excluding carboxylic acids is 1. The fourth-order valence-corrected chi connectivity index (χ4v) is 5.16. The molecule has 0 radical (unpaired) electrons. The Balaban J connectivity index is 1.92. The van der Waals surface area contributed by atoms with Crippen molar-refractivity contribution in [1.82, 2.24) is 9.97 Å². The third-order valence-electron chi connectivity index (χ3n) is 6.78. The van der Waals surface area contributed by atoms with Crippen LogP contribution < -0.4 is 9.64 Å². The maximum Gasteiger partial charge on any atom is 0.264 e. The summed E-state index contributed by atoms with van der Waals surface area (Å²) in [4.78, 5) is 23.3. The molecule has 1 heterocycles. The first kappa shape index (κ1) is 29.1. The Morgan fingerprint density at radius 3 is 2.11 bits per heavy atom. The molecule has 0 aliphatic carbocycles. The number of halogens is 2. The molecule has 37 heavy (non-hydrogen) atoms. The van der Waals surface area contributed by atoms with Gasteiger partial charge in [-0.2, -0.15) is 0 Å². The van der Waals surface area contributed by atoms with Crippen molar-refractivity contribution in [1.29, 1.82) is 0 Å². The van der Waals surface area contributed by atoms with E-state index in [4.69, 9.17) is 32.4 Å². The largest absolute Gasteiger partial charge is 0.488 e. The standard InChI is InChI=1S/C28H35Cl2N3O3Si/c1-19-15-22(16-20(2)24(19)35-17-21-11-9-8-10-12-21)33(13-14-36-37(6,7)28(3,4)5)27(34)23-25(29)31-18-32-26(23)30/h8-12,15-16,18H,13-14,17H2,1-7H3. The molecule has 3 aromatic rings. The van der Waals surface area contributed by atoms with Gasteiger partial charge >= 0.3 is 0 Å². The van der Waals surface area contributed by atoms with Gasteiger partial charge in [0.25, 0.3) is 5.91 Å². The van der Waals surface area contributed by atoms with Crippen molar-refractivity contribution in [2.75, 3.05) is 18.1 Å². The van der Waals surface area contributed by atoms with Crippen molar-refractivity contribution in [3.63, 3.8) is 0 Å². The van der Waals surface area contributed by atoms with E-state index in [2.05, 4.69) is 43.8 Å². The molecule has 3 rings (SSSR count). The maximum atomic E-state index is 13.8. The second-order valence-corrected chi connectivity index (χ2v) is 16.1. The van der Waals surface area contributed by atoms with E-state index in [0.29, 0.717) is 25.4 Å². The fourth-order valence-electron chi connectivity index (χ4n) is 3.65. The molecule has 1 amide bonds. The zero-order valence-corrected chi connectivity index (χ0v) is 25.1. The highest BCUT2D eigenvalue weighted by Crippen LogP contribution is 2.37. The molecule has 0 N–H and O–H groups in total. The number of benzene rings is 2. The van der Waals surface area contributed by atoms with Crippen LogP contribution in [0.5, 0.6) is 5.75 Å². The quantitative estimate of drug-likeness (QED) is 0.199. The molecule has 198 valence electrons. The molecule has 0 bridgehead atoms. The van der Waals surface area contributed by atoms with Gasteiger partial charge in [0.05, 0.1) is 6.61 Å². The summed E-state index contributed by atoms with van der Waals surface area (Å²) in [5, 5.41) is 0.0697. The summed E-state index contributed by atoms with van der Waals surface area (Å²) in [5.41, 5.74) is 3.67. The molecule has 0 saturated heterocycles. The van der Waals surface area contributed by atoms with Crippen LogP contribution in [-0.4, -0.2) is 37.3 Å². The van der Waals surface area contributed by atoms with Gasteiger partial charge in [-0.15, -0.1) is 0 Å². The summed E-state index contributed by atoms with van der Waals surface area (Å²) in [5.74, 6) is 0.405. The van der Waals surface area contributed by atoms with Crippen molar-refractivity contribution >= 4 is 43.1 Å². The first-order valence-corrected chi connectivity index (χ1v) is 15.9. The number of rotatable bonds is 9. The van der Waals surface area contributed by atoms with Crippen LogP contribution in [-0.2, 0) is 11.0 Å². The number of amides is 1. The SMILES string of the molecule is Cc1cc(N(CCO[Si](C)(C)C(C)(C)C)C(=O)c2c(Cl)ncnc2Cl)cc(C)c1OCc1ccccc1. The van der Waals surface area contributed by atoms with E-state index in [1.54, 1.807) is 4.90 Å². The molecular weight excluding hydrogens is 525 g/mol. The predicted molar refractivity (Wildman–Crippen MR) is 154 cm³/mol. The number of ether oxygens (including phenoxy) is 1. The molecule has 0 spiro atoms. The topological polar surface area (TPSA) is 64.5 Å². The van der Waals surface area contributed by atoms with E-state index in [1.807, 2.05) is 56.3 Å². The Hall–Kier alpha value is -2.45. The minimum absolute atomic E-state index is 0.0107. The van der Waals surface area contributed by atoms with E-state index < -0.39 is 8.32 Å². The van der Waals surface area contributed by atoms with Gasteiger partial charge in [0.2, 0.25) is 0 Å². The van der Waals surface area contributed by atoms with Gasteiger partial charge in [-0.3, -0.25) is 4.79 Å². The summed E-state index contributed by atoms with van der Waals surface area (Å²) < 4.78 is 12.5. The first-order valence-electron chi connectivity index (χ1n) is 12.2. The van der Waals surface area contributed by atoms with Crippen molar-refractivity contribution < 1.29 is 14.0 Å². The Morgan fingerprint density at radius 2 is 1.57 bits per heavy atom. The van der Waals surface area contributed by atoms with Crippen molar-refractivity contribution in [2.24, 2.45) is 0 Å². The number of anilines is 1. The highest BCUT2D eigenvalue weighted by atomic mass is 35.5. The van der Waals surface area contributed by atoms with Crippen LogP contribution >= 0.6 is 23.2 Å². The highest BCUT2D eigenvalue weighted by Gasteiger charge is 2.37. The average molecular weight is 561 g/mol. The molecule has 0 aliphatic heterocycles. The normalized spacial score (nSPS) is 11.9. The minimum atomic E-state index is -2.02. The van der Waals surface area contributed by atoms with E-state index in [-0.39, 0.29) is 26.8 Å². The Bertz CT molecular complexity index is 1200. The third-order valence-corrected chi connectivity index (χ3v) is 11.9. The lowest BCUT2D eigenvalue weighted by Gasteiger charge is -2.37. The number of hydrogen-bond acceptors (Lipinski definition) is 5. The Kier molecular flexibility index (Phi) is 9.40. The van der Waals surface area contributed by atoms with Gasteiger partial charge in [0, 0.05) is 12.2 Å². The van der Waals surface area contributed by atoms with Gasteiger partial charge in [0.15, 0.2) is 8.32 Å². The number of aryl methyl sites for hydroxylation is 2. The Labute approximate surface area is 231 Å². The number of aromatic nitrogens is 2. The third kappa shape index (κ3) is 7.11. The number of hydrogen-bond donors (Lipinski definition) is 0. The van der Waals surface area contributed by atoms with Crippen LogP contribution in [0.3, 0.4) is 0 Å². The lowest BCUT2D eigenvalue weighted by molar-refractivity contribution is 0.0981. The molecule has 1 aromatic heterocycles. The molecule has 0 unspecified atom stereocenters. The molecule has 0 saturated carbocycles. The smallest absolute Gasteiger partial charge is 0.264 e. The number of carbonyl (C=O) groups is 1. The van der Waals surface area contributed by atoms with E-state index >= 15 is 0 Å². The van der Waals surface area contributed by atoms with Crippen molar-refractivity contribution in [3.8, 4) is 5.75 Å². The van der Waals surface area contributed by atoms with Crippen LogP contribution in [0.15, 0.2) is 48.8 Å². The maximum absolute atomic E-state index is 13.8. The zero-order chi connectivity index (χ0) is 27.4. The van der Waals surface area contributed by atoms with E-state index in [0.717, 1.165) is 22.4 Å². The van der Waals surface area contributed by atoms with Crippen LogP contribution in [0.2, 0.25) is 28.4 Å². The summed E-state index contributed by atoms with van der Waals surface area (Å²) in [6, 6.07) is 13.9. The van der Waals surface area contributed by atoms with Crippen molar-refractivity contribution in [2.45, 2.75) is 59.4 Å². The van der Waals surface area contributed by atoms with Gasteiger partial charge in [-0.1, -0.05) is 74.3 Å². The number of nitrogens with zero attached hydrogens (tertiary/aromatic N) is 3. The van der Waals surface area contributed by atoms with Gasteiger partial charge in [-0.25, -0.2) is 9.97 Å². The summed E-state index contributed by atoms with van der Waals surface area (Å²) in [6.07, 6.45) is 1.24. The zero-order valence-electron chi connectivity index (χ0n) is 22.6. The van der Waals surface area contributed by atoms with Gasteiger partial charge in [-0.05, 0) is 60.8 Å². The second-order valence-electron chi connectivity index (χ2n) is 10.6. The minimum Gasteiger partial charge on any atom is -0.488 e. The van der Waals surface area contributed by atoms with Crippen LogP contribution in [0, 0.1) is 13.8 Å². The second kappa shape index (κ2) is 11.9. The fraction of sp³-hybridized carbons (Fsp3) is 0.393. The molecule has 0 fully saturated rings. The molecule has 2 aromatic carbocycles. The molecular formula is C28H35Cl2N3O3Si. The average Bonchev–Trinajstić information content (AvgIpc) is 2.81. The van der Waals surface area contributed by atoms with Gasteiger partial charge in [0.1, 0.15) is 34.6 Å².